The Kier molecular flexibility index (Phi) is 8.65. The number of methoxy groups -OCH3 is 1. The third-order valence-corrected chi connectivity index (χ3v) is 5.56. The van der Waals surface area contributed by atoms with E-state index in [0.717, 1.165) is 5.56 Å². The Morgan fingerprint density at radius 1 is 0.947 bits per heavy atom. The molecule has 198 valence electrons. The van der Waals surface area contributed by atoms with Crippen LogP contribution in [0, 0.1) is 0 Å². The number of fused-ring (bicyclic) bond motifs is 1. The van der Waals surface area contributed by atoms with Crippen LogP contribution in [0.4, 0.5) is 5.69 Å². The Morgan fingerprint density at radius 3 is 2.32 bits per heavy atom. The number of aromatic nitrogens is 1. The van der Waals surface area contributed by atoms with E-state index in [2.05, 4.69) is 15.6 Å². The lowest BCUT2D eigenvalue weighted by Crippen LogP contribution is -2.34. The molecule has 1 amide bonds. The summed E-state index contributed by atoms with van der Waals surface area (Å²) in [4.78, 5) is 17.6. The van der Waals surface area contributed by atoms with Gasteiger partial charge in [-0.25, -0.2) is 4.98 Å². The fraction of sp³-hybridized carbons (Fsp3) is 0.250. The summed E-state index contributed by atoms with van der Waals surface area (Å²) in [7, 11) is 1.61. The third-order valence-electron chi connectivity index (χ3n) is 5.36. The van der Waals surface area contributed by atoms with Crippen molar-refractivity contribution in [3.8, 4) is 34.5 Å². The highest BCUT2D eigenvalue weighted by atomic mass is 32.1. The second kappa shape index (κ2) is 12.3. The van der Waals surface area contributed by atoms with Crippen LogP contribution in [-0.4, -0.2) is 42.9 Å². The fourth-order valence-electron chi connectivity index (χ4n) is 3.74. The summed E-state index contributed by atoms with van der Waals surface area (Å²) in [6.45, 7) is 6.81. The second-order valence-electron chi connectivity index (χ2n) is 7.94. The Morgan fingerprint density at radius 2 is 1.66 bits per heavy atom. The maximum atomic E-state index is 13.0. The second-order valence-corrected chi connectivity index (χ2v) is 8.35. The number of carbonyl (C=O) groups is 1. The highest BCUT2D eigenvalue weighted by Crippen LogP contribution is 2.39. The van der Waals surface area contributed by atoms with Crippen LogP contribution in [0.25, 0.3) is 22.6 Å². The summed E-state index contributed by atoms with van der Waals surface area (Å²) in [6, 6.07) is 16.1. The number of anilines is 1. The Labute approximate surface area is 226 Å². The van der Waals surface area contributed by atoms with Gasteiger partial charge in [-0.1, -0.05) is 6.07 Å². The van der Waals surface area contributed by atoms with Crippen LogP contribution < -0.4 is 29.6 Å². The number of thiocarbonyl (C=S) groups is 1. The van der Waals surface area contributed by atoms with E-state index in [1.54, 1.807) is 37.4 Å². The zero-order chi connectivity index (χ0) is 27.1. The largest absolute Gasteiger partial charge is 0.497 e. The number of nitrogens with zero attached hydrogens (tertiary/aromatic N) is 1. The van der Waals surface area contributed by atoms with Crippen LogP contribution in [0.3, 0.4) is 0 Å². The molecule has 0 bridgehead atoms. The van der Waals surface area contributed by atoms with Gasteiger partial charge in [0.2, 0.25) is 11.6 Å². The molecule has 0 fully saturated rings. The minimum atomic E-state index is -0.421. The van der Waals surface area contributed by atoms with Gasteiger partial charge in [-0.2, -0.15) is 0 Å². The Balaban J connectivity index is 1.50. The first-order chi connectivity index (χ1) is 18.4. The number of carbonyl (C=O) groups excluding carboxylic acids is 1. The van der Waals surface area contributed by atoms with Crippen LogP contribution in [0.5, 0.6) is 23.0 Å². The fourth-order valence-corrected chi connectivity index (χ4v) is 3.95. The van der Waals surface area contributed by atoms with Gasteiger partial charge in [-0.3, -0.25) is 10.1 Å². The minimum absolute atomic E-state index is 0.121. The summed E-state index contributed by atoms with van der Waals surface area (Å²) in [5, 5.41) is 5.84. The van der Waals surface area contributed by atoms with E-state index in [9.17, 15) is 4.79 Å². The minimum Gasteiger partial charge on any atom is -0.497 e. The molecular weight excluding hydrogens is 506 g/mol. The van der Waals surface area contributed by atoms with Gasteiger partial charge < -0.3 is 28.7 Å². The van der Waals surface area contributed by atoms with E-state index in [1.807, 2.05) is 45.0 Å². The standard InChI is InChI=1S/C28H29N3O6S/c1-5-34-23-14-18(15-24(35-6-2)25(23)36-7-3)26(32)31-28(38)29-19-11-12-22-21(16-19)30-27(37-22)17-9-8-10-20(13-17)33-4/h8-16H,5-7H2,1-4H3,(H2,29,31,32,38). The number of hydrogen-bond acceptors (Lipinski definition) is 8. The van der Waals surface area contributed by atoms with Crippen molar-refractivity contribution in [2.45, 2.75) is 20.8 Å². The first kappa shape index (κ1) is 26.7. The summed E-state index contributed by atoms with van der Waals surface area (Å²) >= 11 is 5.39. The van der Waals surface area contributed by atoms with Crippen LogP contribution in [0.15, 0.2) is 59.0 Å². The van der Waals surface area contributed by atoms with E-state index in [4.69, 9.17) is 35.6 Å². The number of amides is 1. The molecule has 9 nitrogen and oxygen atoms in total. The molecule has 0 aliphatic heterocycles. The first-order valence-electron chi connectivity index (χ1n) is 12.2. The molecule has 0 aliphatic carbocycles. The Hall–Kier alpha value is -4.31. The van der Waals surface area contributed by atoms with Crippen LogP contribution in [-0.2, 0) is 0 Å². The van der Waals surface area contributed by atoms with Gasteiger partial charge in [0, 0.05) is 16.8 Å². The molecule has 0 saturated carbocycles. The quantitative estimate of drug-likeness (QED) is 0.243. The molecular formula is C28H29N3O6S. The van der Waals surface area contributed by atoms with Gasteiger partial charge in [-0.05, 0) is 81.5 Å². The van der Waals surface area contributed by atoms with Gasteiger partial charge in [-0.15, -0.1) is 0 Å². The van der Waals surface area contributed by atoms with E-state index in [0.29, 0.717) is 71.1 Å². The van der Waals surface area contributed by atoms with Crippen LogP contribution >= 0.6 is 12.2 Å². The van der Waals surface area contributed by atoms with E-state index in [1.165, 1.54) is 0 Å². The summed E-state index contributed by atoms with van der Waals surface area (Å²) < 4.78 is 28.3. The molecule has 0 atom stereocenters. The lowest BCUT2D eigenvalue weighted by atomic mass is 10.1. The molecule has 2 N–H and O–H groups in total. The molecule has 0 saturated heterocycles. The van der Waals surface area contributed by atoms with Gasteiger partial charge in [0.05, 0.1) is 26.9 Å². The van der Waals surface area contributed by atoms with E-state index < -0.39 is 5.91 Å². The average Bonchev–Trinajstić information content (AvgIpc) is 3.34. The number of oxazole rings is 1. The van der Waals surface area contributed by atoms with Crippen molar-refractivity contribution in [1.82, 2.24) is 10.3 Å². The van der Waals surface area contributed by atoms with Gasteiger partial charge >= 0.3 is 0 Å². The number of ether oxygens (including phenoxy) is 4. The van der Waals surface area contributed by atoms with Crippen molar-refractivity contribution in [3.63, 3.8) is 0 Å². The van der Waals surface area contributed by atoms with E-state index >= 15 is 0 Å². The number of benzene rings is 3. The molecule has 1 heterocycles. The SMILES string of the molecule is CCOc1cc(C(=O)NC(=S)Nc2ccc3oc(-c4cccc(OC)c4)nc3c2)cc(OCC)c1OCC. The van der Waals surface area contributed by atoms with Crippen LogP contribution in [0.2, 0.25) is 0 Å². The van der Waals surface area contributed by atoms with Crippen molar-refractivity contribution >= 4 is 40.0 Å². The molecule has 1 aromatic heterocycles. The predicted octanol–water partition coefficient (Wildman–Crippen LogP) is 5.83. The maximum Gasteiger partial charge on any atom is 0.257 e. The smallest absolute Gasteiger partial charge is 0.257 e. The van der Waals surface area contributed by atoms with E-state index in [-0.39, 0.29) is 5.11 Å². The molecule has 38 heavy (non-hydrogen) atoms. The number of nitrogens with one attached hydrogen (secondary N) is 2. The average molecular weight is 536 g/mol. The number of rotatable bonds is 10. The van der Waals surface area contributed by atoms with Gasteiger partial charge in [0.25, 0.3) is 5.91 Å². The monoisotopic (exact) mass is 535 g/mol. The zero-order valence-electron chi connectivity index (χ0n) is 21.6. The predicted molar refractivity (Wildman–Crippen MR) is 150 cm³/mol. The highest BCUT2D eigenvalue weighted by Gasteiger charge is 2.19. The van der Waals surface area contributed by atoms with Crippen molar-refractivity contribution in [2.75, 3.05) is 32.2 Å². The summed E-state index contributed by atoms with van der Waals surface area (Å²) in [5.74, 6) is 2.07. The van der Waals surface area contributed by atoms with Crippen molar-refractivity contribution in [2.24, 2.45) is 0 Å². The van der Waals surface area contributed by atoms with Gasteiger partial charge in [0.1, 0.15) is 11.3 Å². The molecule has 4 aromatic rings. The molecule has 3 aromatic carbocycles. The lowest BCUT2D eigenvalue weighted by molar-refractivity contribution is 0.0976. The summed E-state index contributed by atoms with van der Waals surface area (Å²) in [6.07, 6.45) is 0. The van der Waals surface area contributed by atoms with Gasteiger partial charge in [0.15, 0.2) is 22.2 Å². The van der Waals surface area contributed by atoms with Crippen molar-refractivity contribution in [3.05, 3.63) is 60.2 Å². The molecule has 0 unspecified atom stereocenters. The Bertz CT molecular complexity index is 1420. The topological polar surface area (TPSA) is 104 Å². The van der Waals surface area contributed by atoms with Crippen molar-refractivity contribution in [1.29, 1.82) is 0 Å². The maximum absolute atomic E-state index is 13.0. The molecule has 10 heteroatoms. The third kappa shape index (κ3) is 6.15. The number of hydrogen-bond donors (Lipinski definition) is 2. The normalized spacial score (nSPS) is 10.6. The summed E-state index contributed by atoms with van der Waals surface area (Å²) in [5.41, 5.74) is 3.01. The molecule has 0 spiro atoms. The molecule has 4 rings (SSSR count). The lowest BCUT2D eigenvalue weighted by Gasteiger charge is -2.17. The zero-order valence-corrected chi connectivity index (χ0v) is 22.4. The van der Waals surface area contributed by atoms with Crippen molar-refractivity contribution < 1.29 is 28.2 Å². The molecule has 0 radical (unpaired) electrons. The highest BCUT2D eigenvalue weighted by molar-refractivity contribution is 7.80. The van der Waals surface area contributed by atoms with Crippen LogP contribution in [0.1, 0.15) is 31.1 Å². The molecule has 0 aliphatic rings. The first-order valence-corrected chi connectivity index (χ1v) is 12.6.